The highest BCUT2D eigenvalue weighted by Gasteiger charge is 1.86. The van der Waals surface area contributed by atoms with E-state index in [1.165, 1.54) is 0 Å². The fraction of sp³-hybridized carbons (Fsp3) is 0.143. The average Bonchev–Trinajstić information content (AvgIpc) is 2.17. The summed E-state index contributed by atoms with van der Waals surface area (Å²) in [6.07, 6.45) is 5.38. The lowest BCUT2D eigenvalue weighted by Gasteiger charge is -1.78. The smallest absolute Gasteiger partial charge is 0.0951 e. The van der Waals surface area contributed by atoms with E-state index >= 15 is 0 Å². The minimum atomic E-state index is 0.896. The lowest BCUT2D eigenvalue weighted by atomic mass is 10.5. The zero-order valence-corrected chi connectivity index (χ0v) is 5.33. The van der Waals surface area contributed by atoms with Crippen molar-refractivity contribution in [1.29, 1.82) is 0 Å². The maximum Gasteiger partial charge on any atom is 0.0951 e. The summed E-state index contributed by atoms with van der Waals surface area (Å²) in [5.74, 6) is 0. The summed E-state index contributed by atoms with van der Waals surface area (Å²) in [5, 5.41) is 0. The van der Waals surface area contributed by atoms with Crippen LogP contribution in [0.4, 0.5) is 0 Å². The molecule has 1 heterocycles. The van der Waals surface area contributed by atoms with Crippen LogP contribution in [0.2, 0.25) is 0 Å². The third-order valence-electron chi connectivity index (χ3n) is 0.975. The van der Waals surface area contributed by atoms with E-state index in [2.05, 4.69) is 17.3 Å². The van der Waals surface area contributed by atoms with Crippen molar-refractivity contribution in [2.75, 3.05) is 0 Å². The number of aryl methyl sites for hydroxylation is 1. The fourth-order valence-corrected chi connectivity index (χ4v) is 0.612. The summed E-state index contributed by atoms with van der Waals surface area (Å²) < 4.78 is 1.88. The van der Waals surface area contributed by atoms with E-state index in [1.54, 1.807) is 12.4 Å². The van der Waals surface area contributed by atoms with Crippen molar-refractivity contribution in [2.45, 2.75) is 0 Å². The second-order valence-electron chi connectivity index (χ2n) is 1.81. The molecule has 0 N–H and O–H groups in total. The van der Waals surface area contributed by atoms with Gasteiger partial charge in [0.25, 0.3) is 0 Å². The lowest BCUT2D eigenvalue weighted by Crippen LogP contribution is -1.76. The average molecular weight is 120 g/mol. The number of nitrogens with zero attached hydrogens (tertiary/aromatic N) is 2. The molecule has 1 aromatic heterocycles. The molecule has 0 atom stereocenters. The van der Waals surface area contributed by atoms with E-state index in [0.29, 0.717) is 0 Å². The molecule has 0 fully saturated rings. The maximum absolute atomic E-state index is 4.01. The molecule has 0 aliphatic rings. The van der Waals surface area contributed by atoms with Crippen molar-refractivity contribution in [1.82, 2.24) is 9.55 Å². The Morgan fingerprint density at radius 1 is 1.89 bits per heavy atom. The molecule has 9 heavy (non-hydrogen) atoms. The molecule has 0 aliphatic carbocycles. The van der Waals surface area contributed by atoms with Crippen LogP contribution in [0.1, 0.15) is 5.69 Å². The number of hydrogen-bond donors (Lipinski definition) is 0. The first-order valence-electron chi connectivity index (χ1n) is 2.66. The van der Waals surface area contributed by atoms with Crippen molar-refractivity contribution in [3.05, 3.63) is 30.5 Å². The summed E-state index contributed by atoms with van der Waals surface area (Å²) in [5.41, 5.74) is 3.54. The number of aromatic nitrogens is 2. The van der Waals surface area contributed by atoms with Crippen LogP contribution in [0, 0.1) is 0 Å². The second kappa shape index (κ2) is 2.33. The van der Waals surface area contributed by atoms with Crippen LogP contribution in [0.3, 0.4) is 0 Å². The Hall–Kier alpha value is -1.27. The Morgan fingerprint density at radius 3 is 3.11 bits per heavy atom. The zero-order chi connectivity index (χ0) is 6.69. The quantitative estimate of drug-likeness (QED) is 0.509. The van der Waals surface area contributed by atoms with Gasteiger partial charge >= 0.3 is 0 Å². The molecule has 1 aromatic rings. The van der Waals surface area contributed by atoms with Crippen LogP contribution in [0.25, 0.3) is 6.08 Å². The molecule has 0 aromatic carbocycles. The van der Waals surface area contributed by atoms with Crippen molar-refractivity contribution >= 4 is 6.08 Å². The third-order valence-corrected chi connectivity index (χ3v) is 0.975. The molecule has 2 heteroatoms. The van der Waals surface area contributed by atoms with Gasteiger partial charge in [-0.15, -0.1) is 5.73 Å². The van der Waals surface area contributed by atoms with Gasteiger partial charge in [-0.25, -0.2) is 4.98 Å². The van der Waals surface area contributed by atoms with Crippen molar-refractivity contribution in [3.8, 4) is 0 Å². The SMILES string of the molecule is C=C=Cc1cn(C)cn1. The van der Waals surface area contributed by atoms with Gasteiger partial charge in [-0.2, -0.15) is 0 Å². The van der Waals surface area contributed by atoms with Gasteiger partial charge < -0.3 is 4.57 Å². The van der Waals surface area contributed by atoms with Crippen LogP contribution in [0.5, 0.6) is 0 Å². The van der Waals surface area contributed by atoms with E-state index in [0.717, 1.165) is 5.69 Å². The van der Waals surface area contributed by atoms with Crippen molar-refractivity contribution in [2.24, 2.45) is 7.05 Å². The van der Waals surface area contributed by atoms with Gasteiger partial charge in [0, 0.05) is 19.3 Å². The Labute approximate surface area is 54.2 Å². The third kappa shape index (κ3) is 1.31. The van der Waals surface area contributed by atoms with Gasteiger partial charge in [0.1, 0.15) is 0 Å². The lowest BCUT2D eigenvalue weighted by molar-refractivity contribution is 0.913. The molecular formula is C7H8N2. The summed E-state index contributed by atoms with van der Waals surface area (Å²) in [7, 11) is 1.92. The summed E-state index contributed by atoms with van der Waals surface area (Å²) >= 11 is 0. The molecule has 0 bridgehead atoms. The van der Waals surface area contributed by atoms with E-state index in [4.69, 9.17) is 0 Å². The first-order chi connectivity index (χ1) is 4.33. The molecule has 0 saturated heterocycles. The molecule has 1 rings (SSSR count). The largest absolute Gasteiger partial charge is 0.340 e. The van der Waals surface area contributed by atoms with E-state index < -0.39 is 0 Å². The first-order valence-corrected chi connectivity index (χ1v) is 2.66. The first kappa shape index (κ1) is 5.86. The maximum atomic E-state index is 4.01. The van der Waals surface area contributed by atoms with Crippen molar-refractivity contribution < 1.29 is 0 Å². The Morgan fingerprint density at radius 2 is 2.67 bits per heavy atom. The minimum absolute atomic E-state index is 0.896. The number of rotatable bonds is 1. The molecule has 0 aliphatic heterocycles. The highest BCUT2D eigenvalue weighted by molar-refractivity contribution is 5.41. The molecular weight excluding hydrogens is 112 g/mol. The minimum Gasteiger partial charge on any atom is -0.340 e. The molecule has 0 saturated carbocycles. The van der Waals surface area contributed by atoms with Gasteiger partial charge in [-0.1, -0.05) is 6.58 Å². The van der Waals surface area contributed by atoms with Gasteiger partial charge in [0.15, 0.2) is 0 Å². The Bertz CT molecular complexity index is 241. The van der Waals surface area contributed by atoms with E-state index in [9.17, 15) is 0 Å². The molecule has 0 spiro atoms. The molecule has 46 valence electrons. The van der Waals surface area contributed by atoms with Crippen LogP contribution in [0.15, 0.2) is 24.8 Å². The monoisotopic (exact) mass is 120 g/mol. The summed E-state index contributed by atoms with van der Waals surface area (Å²) in [4.78, 5) is 4.01. The fourth-order valence-electron chi connectivity index (χ4n) is 0.612. The van der Waals surface area contributed by atoms with Gasteiger partial charge in [0.05, 0.1) is 12.0 Å². The predicted octanol–water partition coefficient (Wildman–Crippen LogP) is 1.22. The second-order valence-corrected chi connectivity index (χ2v) is 1.81. The molecule has 2 nitrogen and oxygen atoms in total. The van der Waals surface area contributed by atoms with Gasteiger partial charge in [0.2, 0.25) is 0 Å². The Kier molecular flexibility index (Phi) is 1.52. The van der Waals surface area contributed by atoms with E-state index in [-0.39, 0.29) is 0 Å². The standard InChI is InChI=1S/C7H8N2/c1-3-4-7-5-9(2)6-8-7/h4-6H,1H2,2H3. The highest BCUT2D eigenvalue weighted by atomic mass is 15.0. The van der Waals surface area contributed by atoms with Gasteiger partial charge in [-0.3, -0.25) is 0 Å². The Balaban J connectivity index is 2.97. The number of imidazole rings is 1. The van der Waals surface area contributed by atoms with Crippen LogP contribution < -0.4 is 0 Å². The van der Waals surface area contributed by atoms with E-state index in [1.807, 2.05) is 17.8 Å². The number of hydrogen-bond acceptors (Lipinski definition) is 1. The zero-order valence-electron chi connectivity index (χ0n) is 5.33. The highest BCUT2D eigenvalue weighted by Crippen LogP contribution is 1.93. The predicted molar refractivity (Wildman–Crippen MR) is 36.8 cm³/mol. The summed E-state index contributed by atoms with van der Waals surface area (Å²) in [6, 6.07) is 0. The topological polar surface area (TPSA) is 17.8 Å². The van der Waals surface area contributed by atoms with Crippen LogP contribution in [-0.2, 0) is 7.05 Å². The molecule has 0 radical (unpaired) electrons. The normalized spacial score (nSPS) is 8.56. The summed E-state index contributed by atoms with van der Waals surface area (Å²) in [6.45, 7) is 3.44. The van der Waals surface area contributed by atoms with Crippen LogP contribution in [-0.4, -0.2) is 9.55 Å². The van der Waals surface area contributed by atoms with Crippen molar-refractivity contribution in [3.63, 3.8) is 0 Å². The van der Waals surface area contributed by atoms with Crippen LogP contribution >= 0.6 is 0 Å². The molecule has 0 amide bonds. The van der Waals surface area contributed by atoms with Gasteiger partial charge in [-0.05, 0) is 0 Å². The molecule has 0 unspecified atom stereocenters.